The molecule has 4 heteroatoms. The quantitative estimate of drug-likeness (QED) is 0.910. The molecule has 1 N–H and O–H groups in total. The lowest BCUT2D eigenvalue weighted by atomic mass is 10.1. The second kappa shape index (κ2) is 6.37. The Hall–Kier alpha value is -1.39. The van der Waals surface area contributed by atoms with E-state index in [1.54, 1.807) is 0 Å². The molecule has 0 bridgehead atoms. The third-order valence-corrected chi connectivity index (χ3v) is 3.86. The molecule has 0 aliphatic carbocycles. The Balaban J connectivity index is 1.57. The third kappa shape index (κ3) is 3.19. The Morgan fingerprint density at radius 3 is 3.00 bits per heavy atom. The van der Waals surface area contributed by atoms with Gasteiger partial charge in [-0.1, -0.05) is 13.0 Å². The molecule has 0 radical (unpaired) electrons. The number of oxazole rings is 1. The van der Waals surface area contributed by atoms with Gasteiger partial charge in [0, 0.05) is 6.42 Å². The Labute approximate surface area is 119 Å². The zero-order valence-electron chi connectivity index (χ0n) is 12.0. The standard InChI is InChI=1S/C16H22N2O2/c1-2-12-3-4-15-14(11-12)18-16(20-15)7-10-19-13-5-8-17-9-6-13/h3-4,11,13,17H,2,5-10H2,1H3. The van der Waals surface area contributed by atoms with Gasteiger partial charge in [0.25, 0.3) is 0 Å². The maximum atomic E-state index is 5.89. The number of rotatable bonds is 5. The Kier molecular flexibility index (Phi) is 4.33. The van der Waals surface area contributed by atoms with E-state index in [2.05, 4.69) is 29.4 Å². The van der Waals surface area contributed by atoms with Crippen LogP contribution in [0.3, 0.4) is 0 Å². The number of hydrogen-bond acceptors (Lipinski definition) is 4. The largest absolute Gasteiger partial charge is 0.441 e. The van der Waals surface area contributed by atoms with Gasteiger partial charge in [0.2, 0.25) is 0 Å². The summed E-state index contributed by atoms with van der Waals surface area (Å²) in [6, 6.07) is 6.22. The molecule has 0 amide bonds. The lowest BCUT2D eigenvalue weighted by Crippen LogP contribution is -2.32. The van der Waals surface area contributed by atoms with Crippen LogP contribution < -0.4 is 5.32 Å². The van der Waals surface area contributed by atoms with Crippen LogP contribution in [0.15, 0.2) is 22.6 Å². The van der Waals surface area contributed by atoms with Crippen LogP contribution in [0.4, 0.5) is 0 Å². The van der Waals surface area contributed by atoms with Crippen molar-refractivity contribution in [3.63, 3.8) is 0 Å². The molecule has 1 aliphatic heterocycles. The molecule has 1 aromatic carbocycles. The number of aromatic nitrogens is 1. The molecule has 3 rings (SSSR count). The number of hydrogen-bond donors (Lipinski definition) is 1. The molecule has 1 aromatic heterocycles. The molecular formula is C16H22N2O2. The van der Waals surface area contributed by atoms with Gasteiger partial charge < -0.3 is 14.5 Å². The fourth-order valence-electron chi connectivity index (χ4n) is 2.62. The summed E-state index contributed by atoms with van der Waals surface area (Å²) in [5.74, 6) is 0.780. The van der Waals surface area contributed by atoms with Crippen molar-refractivity contribution in [2.45, 2.75) is 38.7 Å². The van der Waals surface area contributed by atoms with Gasteiger partial charge in [-0.25, -0.2) is 4.98 Å². The molecule has 20 heavy (non-hydrogen) atoms. The first-order valence-electron chi connectivity index (χ1n) is 7.56. The van der Waals surface area contributed by atoms with Gasteiger partial charge in [-0.3, -0.25) is 0 Å². The monoisotopic (exact) mass is 274 g/mol. The minimum Gasteiger partial charge on any atom is -0.441 e. The molecule has 1 fully saturated rings. The summed E-state index contributed by atoms with van der Waals surface area (Å²) in [7, 11) is 0. The van der Waals surface area contributed by atoms with Gasteiger partial charge in [-0.15, -0.1) is 0 Å². The third-order valence-electron chi connectivity index (χ3n) is 3.86. The summed E-state index contributed by atoms with van der Waals surface area (Å²) < 4.78 is 11.6. The molecule has 108 valence electrons. The molecule has 0 atom stereocenters. The van der Waals surface area contributed by atoms with E-state index in [-0.39, 0.29) is 0 Å². The van der Waals surface area contributed by atoms with Crippen LogP contribution in [0, 0.1) is 0 Å². The lowest BCUT2D eigenvalue weighted by molar-refractivity contribution is 0.0328. The van der Waals surface area contributed by atoms with E-state index in [1.165, 1.54) is 5.56 Å². The van der Waals surface area contributed by atoms with Crippen LogP contribution in [-0.4, -0.2) is 30.8 Å². The zero-order chi connectivity index (χ0) is 13.8. The number of ether oxygens (including phenoxy) is 1. The number of benzene rings is 1. The highest BCUT2D eigenvalue weighted by Crippen LogP contribution is 2.18. The van der Waals surface area contributed by atoms with Crippen LogP contribution in [-0.2, 0) is 17.6 Å². The second-order valence-corrected chi connectivity index (χ2v) is 5.33. The van der Waals surface area contributed by atoms with E-state index in [1.807, 2.05) is 6.07 Å². The van der Waals surface area contributed by atoms with Crippen LogP contribution in [0.2, 0.25) is 0 Å². The predicted octanol–water partition coefficient (Wildman–Crippen LogP) is 2.70. The van der Waals surface area contributed by atoms with Crippen molar-refractivity contribution in [3.8, 4) is 0 Å². The molecular weight excluding hydrogens is 252 g/mol. The SMILES string of the molecule is CCc1ccc2oc(CCOC3CCNCC3)nc2c1. The maximum absolute atomic E-state index is 5.89. The number of nitrogens with zero attached hydrogens (tertiary/aromatic N) is 1. The predicted molar refractivity (Wildman–Crippen MR) is 78.9 cm³/mol. The number of nitrogens with one attached hydrogen (secondary N) is 1. The van der Waals surface area contributed by atoms with Gasteiger partial charge in [0.15, 0.2) is 11.5 Å². The first kappa shape index (κ1) is 13.6. The van der Waals surface area contributed by atoms with Crippen LogP contribution in [0.5, 0.6) is 0 Å². The highest BCUT2D eigenvalue weighted by atomic mass is 16.5. The molecule has 1 saturated heterocycles. The highest BCUT2D eigenvalue weighted by Gasteiger charge is 2.13. The number of fused-ring (bicyclic) bond motifs is 1. The summed E-state index contributed by atoms with van der Waals surface area (Å²) >= 11 is 0. The fraction of sp³-hybridized carbons (Fsp3) is 0.562. The second-order valence-electron chi connectivity index (χ2n) is 5.33. The molecule has 0 spiro atoms. The molecule has 2 aromatic rings. The van der Waals surface area contributed by atoms with Crippen molar-refractivity contribution < 1.29 is 9.15 Å². The van der Waals surface area contributed by atoms with Crippen LogP contribution in [0.1, 0.15) is 31.2 Å². The fourth-order valence-corrected chi connectivity index (χ4v) is 2.62. The van der Waals surface area contributed by atoms with Gasteiger partial charge in [-0.05, 0) is 50.0 Å². The summed E-state index contributed by atoms with van der Waals surface area (Å²) in [6.07, 6.45) is 4.38. The summed E-state index contributed by atoms with van der Waals surface area (Å²) in [6.45, 7) is 4.97. The minimum atomic E-state index is 0.396. The van der Waals surface area contributed by atoms with E-state index in [0.717, 1.165) is 55.8 Å². The summed E-state index contributed by atoms with van der Waals surface area (Å²) in [5, 5.41) is 3.34. The number of aryl methyl sites for hydroxylation is 1. The van der Waals surface area contributed by atoms with Gasteiger partial charge in [0.05, 0.1) is 12.7 Å². The summed E-state index contributed by atoms with van der Waals surface area (Å²) in [4.78, 5) is 4.54. The van der Waals surface area contributed by atoms with Crippen molar-refractivity contribution in [1.29, 1.82) is 0 Å². The average molecular weight is 274 g/mol. The zero-order valence-corrected chi connectivity index (χ0v) is 12.0. The van der Waals surface area contributed by atoms with Crippen molar-refractivity contribution in [1.82, 2.24) is 10.3 Å². The van der Waals surface area contributed by atoms with Crippen molar-refractivity contribution >= 4 is 11.1 Å². The molecule has 2 heterocycles. The Morgan fingerprint density at radius 2 is 2.20 bits per heavy atom. The van der Waals surface area contributed by atoms with Crippen LogP contribution >= 0.6 is 0 Å². The van der Waals surface area contributed by atoms with Crippen molar-refractivity contribution in [2.75, 3.05) is 19.7 Å². The van der Waals surface area contributed by atoms with E-state index in [0.29, 0.717) is 12.7 Å². The van der Waals surface area contributed by atoms with Gasteiger partial charge in [0.1, 0.15) is 5.52 Å². The van der Waals surface area contributed by atoms with E-state index in [4.69, 9.17) is 9.15 Å². The lowest BCUT2D eigenvalue weighted by Gasteiger charge is -2.22. The number of piperidine rings is 1. The molecule has 4 nitrogen and oxygen atoms in total. The first-order valence-corrected chi connectivity index (χ1v) is 7.56. The van der Waals surface area contributed by atoms with E-state index >= 15 is 0 Å². The normalized spacial score (nSPS) is 16.9. The molecule has 1 aliphatic rings. The Bertz CT molecular complexity index is 559. The van der Waals surface area contributed by atoms with Crippen molar-refractivity contribution in [3.05, 3.63) is 29.7 Å². The summed E-state index contributed by atoms with van der Waals surface area (Å²) in [5.41, 5.74) is 3.13. The van der Waals surface area contributed by atoms with Gasteiger partial charge in [-0.2, -0.15) is 0 Å². The minimum absolute atomic E-state index is 0.396. The smallest absolute Gasteiger partial charge is 0.197 e. The first-order chi connectivity index (χ1) is 9.85. The topological polar surface area (TPSA) is 47.3 Å². The molecule has 0 saturated carbocycles. The maximum Gasteiger partial charge on any atom is 0.197 e. The van der Waals surface area contributed by atoms with E-state index < -0.39 is 0 Å². The van der Waals surface area contributed by atoms with E-state index in [9.17, 15) is 0 Å². The molecule has 0 unspecified atom stereocenters. The highest BCUT2D eigenvalue weighted by molar-refractivity contribution is 5.73. The van der Waals surface area contributed by atoms with Crippen molar-refractivity contribution in [2.24, 2.45) is 0 Å². The average Bonchev–Trinajstić information content (AvgIpc) is 2.90. The van der Waals surface area contributed by atoms with Gasteiger partial charge >= 0.3 is 0 Å². The Morgan fingerprint density at radius 1 is 1.35 bits per heavy atom. The van der Waals surface area contributed by atoms with Crippen LogP contribution in [0.25, 0.3) is 11.1 Å².